The Hall–Kier alpha value is -7.78. The number of carbonyl (C=O) groups is 2. The number of H-pyrrole nitrogens is 2. The molecular formula is C46H49F2N16O6+. The fraction of sp³-hybridized carbons (Fsp3) is 0.435. The van der Waals surface area contributed by atoms with Crippen molar-refractivity contribution in [3.8, 4) is 23.1 Å². The molecule has 5 aliphatic rings. The number of fused-ring (bicyclic) bond motifs is 2. The van der Waals surface area contributed by atoms with Crippen LogP contribution in [-0.4, -0.2) is 111 Å². The van der Waals surface area contributed by atoms with Gasteiger partial charge in [-0.25, -0.2) is 48.1 Å². The topological polar surface area (TPSA) is 265 Å². The van der Waals surface area contributed by atoms with Crippen molar-refractivity contribution in [3.05, 3.63) is 83.5 Å². The Kier molecular flexibility index (Phi) is 11.3. The minimum atomic E-state index is -1.64. The van der Waals surface area contributed by atoms with E-state index in [1.54, 1.807) is 89.4 Å². The number of nitriles is 1. The molecule has 70 heavy (non-hydrogen) atoms. The number of anilines is 4. The lowest BCUT2D eigenvalue weighted by Crippen LogP contribution is -2.68. The molecule has 362 valence electrons. The molecule has 6 atom stereocenters. The average Bonchev–Trinajstić information content (AvgIpc) is 4.18. The second-order valence-electron chi connectivity index (χ2n) is 18.7. The first-order valence-corrected chi connectivity index (χ1v) is 23.0. The van der Waals surface area contributed by atoms with E-state index in [9.17, 15) is 14.9 Å². The van der Waals surface area contributed by atoms with E-state index in [4.69, 9.17) is 28.9 Å². The number of halogens is 2. The number of alkyl carbamates (subject to hydrolysis) is 2. The summed E-state index contributed by atoms with van der Waals surface area (Å²) in [7, 11) is 1.56. The van der Waals surface area contributed by atoms with E-state index in [-0.39, 0.29) is 36.4 Å². The number of ether oxygens (including phenoxy) is 4. The normalized spacial score (nSPS) is 24.6. The van der Waals surface area contributed by atoms with Gasteiger partial charge in [0, 0.05) is 73.5 Å². The Bertz CT molecular complexity index is 3180. The summed E-state index contributed by atoms with van der Waals surface area (Å²) in [5.41, 5.74) is 4.49. The predicted octanol–water partition coefficient (Wildman–Crippen LogP) is 5.75. The van der Waals surface area contributed by atoms with Crippen molar-refractivity contribution in [2.75, 3.05) is 24.4 Å². The summed E-state index contributed by atoms with van der Waals surface area (Å²) >= 11 is 0. The van der Waals surface area contributed by atoms with E-state index in [0.29, 0.717) is 87.5 Å². The highest BCUT2D eigenvalue weighted by atomic mass is 19.1. The first-order valence-electron chi connectivity index (χ1n) is 23.0. The van der Waals surface area contributed by atoms with Crippen LogP contribution in [0.5, 0.6) is 0 Å². The van der Waals surface area contributed by atoms with E-state index < -0.39 is 48.8 Å². The number of rotatable bonds is 14. The van der Waals surface area contributed by atoms with Crippen LogP contribution in [0.2, 0.25) is 0 Å². The molecule has 6 N–H and O–H groups in total. The van der Waals surface area contributed by atoms with Crippen molar-refractivity contribution in [1.29, 1.82) is 5.26 Å². The molecule has 8 heterocycles. The van der Waals surface area contributed by atoms with Gasteiger partial charge in [-0.05, 0) is 58.8 Å². The highest BCUT2D eigenvalue weighted by molar-refractivity contribution is 5.70. The van der Waals surface area contributed by atoms with Gasteiger partial charge in [0.1, 0.15) is 41.4 Å². The molecule has 1 aliphatic heterocycles. The second-order valence-corrected chi connectivity index (χ2v) is 18.7. The average molecular weight is 960 g/mol. The Balaban J connectivity index is 0.889. The van der Waals surface area contributed by atoms with Crippen LogP contribution in [0.15, 0.2) is 55.0 Å². The van der Waals surface area contributed by atoms with Gasteiger partial charge >= 0.3 is 24.0 Å². The SMILES string of the molecule is COCc1cn2c(Nc3cc([C@@H]4CC[C@H](OC(=O)NC(C)C)[C@@H]4F)[nH][n+]3-c3ccnc(-c4cc5nc(C)cn5c(Nc5cc([C@H]6OC[C@@H](OC(=O)NC78CC(C7)C8)[C@H]6F)[nH]n5)n4)c3)nc(C#N)cc2n1. The number of alkyl halides is 2. The third-order valence-electron chi connectivity index (χ3n) is 13.2. The summed E-state index contributed by atoms with van der Waals surface area (Å²) in [5, 5.41) is 32.7. The van der Waals surface area contributed by atoms with Gasteiger partial charge in [0.05, 0.1) is 53.4 Å². The standard InChI is InChI=1S/C46H48F2N16O6/c1-22(2)51-44(65)69-33-6-5-28(39(33)47)29-12-38(57-42-54-25(17-49)9-36-53-26(20-67-4)19-63(36)42)64(61-29)27-7-8-50-30(10-27)31-13-37-52-23(3)18-62(37)43(55-31)56-35-11-32(59-60-35)41-40(48)34(21-68-41)70-45(66)58-46-14-24(15-46)16-46/h7-13,18-19,22,24,28,33-34,39-41H,5-6,14-16,20-21H2,1-4H3,(H5,50,51,52,53,54,55,56,57,58,59,60,61,65,66)/p+1/t24?,28-,33-,34+,39+,40+,41+,46?/m0/s1. The molecule has 0 aromatic carbocycles. The summed E-state index contributed by atoms with van der Waals surface area (Å²) in [6, 6.07) is 12.2. The summed E-state index contributed by atoms with van der Waals surface area (Å²) in [5.74, 6) is 1.29. The fourth-order valence-electron chi connectivity index (χ4n) is 9.86. The van der Waals surface area contributed by atoms with Crippen LogP contribution in [0.1, 0.15) is 86.4 Å². The first kappa shape index (κ1) is 44.7. The van der Waals surface area contributed by atoms with E-state index >= 15 is 8.78 Å². The van der Waals surface area contributed by atoms with E-state index in [1.807, 2.05) is 6.92 Å². The minimum Gasteiger partial charge on any atom is -0.443 e. The number of amides is 2. The Morgan fingerprint density at radius 2 is 1.73 bits per heavy atom. The van der Waals surface area contributed by atoms with Crippen molar-refractivity contribution in [1.82, 2.24) is 59.7 Å². The first-order chi connectivity index (χ1) is 33.8. The number of aromatic nitrogens is 11. The zero-order valence-electron chi connectivity index (χ0n) is 38.4. The number of imidazole rings is 2. The van der Waals surface area contributed by atoms with Gasteiger partial charge in [0.2, 0.25) is 5.95 Å². The van der Waals surface area contributed by atoms with Gasteiger partial charge in [-0.15, -0.1) is 4.68 Å². The molecule has 0 spiro atoms. The van der Waals surface area contributed by atoms with Gasteiger partial charge < -0.3 is 34.9 Å². The maximum atomic E-state index is 16.3. The van der Waals surface area contributed by atoms with E-state index in [1.165, 1.54) is 0 Å². The molecule has 5 fully saturated rings. The Labute approximate surface area is 397 Å². The van der Waals surface area contributed by atoms with Gasteiger partial charge in [0.25, 0.3) is 0 Å². The van der Waals surface area contributed by atoms with Crippen LogP contribution in [0.3, 0.4) is 0 Å². The van der Waals surface area contributed by atoms with Gasteiger partial charge in [0.15, 0.2) is 23.8 Å². The molecule has 2 bridgehead atoms. The summed E-state index contributed by atoms with van der Waals surface area (Å²) in [6.45, 7) is 5.55. The number of carbonyl (C=O) groups excluding carboxylic acids is 2. The number of nitrogens with one attached hydrogen (secondary N) is 6. The molecule has 0 unspecified atom stereocenters. The van der Waals surface area contributed by atoms with Crippen molar-refractivity contribution < 1.29 is 42.0 Å². The van der Waals surface area contributed by atoms with Crippen LogP contribution in [0.4, 0.5) is 41.9 Å². The minimum absolute atomic E-state index is 0.110. The van der Waals surface area contributed by atoms with Crippen molar-refractivity contribution in [2.45, 2.75) is 108 Å². The molecule has 7 aromatic heterocycles. The number of methoxy groups -OCH3 is 1. The zero-order chi connectivity index (χ0) is 48.4. The summed E-state index contributed by atoms with van der Waals surface area (Å²) in [6.07, 6.45) is 1.07. The molecule has 12 rings (SSSR count). The number of aromatic amines is 2. The van der Waals surface area contributed by atoms with E-state index in [0.717, 1.165) is 19.3 Å². The number of hydrogen-bond acceptors (Lipinski definition) is 15. The number of hydrogen-bond donors (Lipinski definition) is 6. The molecule has 22 nitrogen and oxygen atoms in total. The van der Waals surface area contributed by atoms with Crippen molar-refractivity contribution in [2.24, 2.45) is 5.92 Å². The quantitative estimate of drug-likeness (QED) is 0.0709. The third-order valence-corrected chi connectivity index (χ3v) is 13.2. The smallest absolute Gasteiger partial charge is 0.408 e. The predicted molar refractivity (Wildman–Crippen MR) is 243 cm³/mol. The molecule has 4 saturated carbocycles. The maximum Gasteiger partial charge on any atom is 0.408 e. The monoisotopic (exact) mass is 959 g/mol. The number of aryl methyl sites for hydroxylation is 1. The van der Waals surface area contributed by atoms with Crippen molar-refractivity contribution in [3.63, 3.8) is 0 Å². The molecular weight excluding hydrogens is 911 g/mol. The van der Waals surface area contributed by atoms with Crippen LogP contribution in [0.25, 0.3) is 28.4 Å². The highest BCUT2D eigenvalue weighted by Gasteiger charge is 2.58. The molecule has 7 aromatic rings. The number of nitrogens with zero attached hydrogens (tertiary/aromatic N) is 10. The zero-order valence-corrected chi connectivity index (χ0v) is 38.4. The molecule has 24 heteroatoms. The number of pyridine rings is 1. The molecule has 4 aliphatic carbocycles. The highest BCUT2D eigenvalue weighted by Crippen LogP contribution is 2.57. The summed E-state index contributed by atoms with van der Waals surface area (Å²) in [4.78, 5) is 48.6. The van der Waals surface area contributed by atoms with Crippen LogP contribution < -0.4 is 25.9 Å². The van der Waals surface area contributed by atoms with Gasteiger partial charge in [-0.3, -0.25) is 14.5 Å². The maximum absolute atomic E-state index is 16.3. The Morgan fingerprint density at radius 1 is 0.943 bits per heavy atom. The van der Waals surface area contributed by atoms with Crippen LogP contribution >= 0.6 is 0 Å². The molecule has 2 amide bonds. The van der Waals surface area contributed by atoms with Gasteiger partial charge in [-0.1, -0.05) is 0 Å². The summed E-state index contributed by atoms with van der Waals surface area (Å²) < 4.78 is 59.2. The van der Waals surface area contributed by atoms with Gasteiger partial charge in [-0.2, -0.15) is 15.3 Å². The largest absolute Gasteiger partial charge is 0.443 e. The lowest BCUT2D eigenvalue weighted by atomic mass is 9.50. The molecule has 0 radical (unpaired) electrons. The van der Waals surface area contributed by atoms with Crippen molar-refractivity contribution >= 4 is 47.0 Å². The fourth-order valence-corrected chi connectivity index (χ4v) is 9.86. The third kappa shape index (κ3) is 8.44. The van der Waals surface area contributed by atoms with Crippen LogP contribution in [-0.2, 0) is 25.6 Å². The lowest BCUT2D eigenvalue weighted by Gasteiger charge is -2.61. The van der Waals surface area contributed by atoms with E-state index in [2.05, 4.69) is 57.6 Å². The van der Waals surface area contributed by atoms with Crippen LogP contribution in [0, 0.1) is 24.2 Å². The lowest BCUT2D eigenvalue weighted by molar-refractivity contribution is -0.641. The second kappa shape index (κ2) is 17.6. The Morgan fingerprint density at radius 3 is 2.50 bits per heavy atom. The molecule has 1 saturated heterocycles.